The molecule has 1 heterocycles. The highest BCUT2D eigenvalue weighted by atomic mass is 32.2. The number of unbranched alkanes of at least 4 members (excludes halogenated alkanes) is 4. The number of fused-ring (bicyclic) bond motifs is 1. The van der Waals surface area contributed by atoms with Crippen molar-refractivity contribution in [1.29, 1.82) is 0 Å². The number of carbonyl (C=O) groups excluding carboxylic acids is 1. The van der Waals surface area contributed by atoms with Gasteiger partial charge in [0.1, 0.15) is 5.82 Å². The van der Waals surface area contributed by atoms with E-state index in [1.165, 1.54) is 56.0 Å². The van der Waals surface area contributed by atoms with E-state index in [1.54, 1.807) is 0 Å². The SMILES string of the molecule is C=C(S/C(=C\C)c1cc(C)cc(F)c1)c1ccc2c(n1)CCC(C)(C)C2=O.CCCCCCC. The minimum absolute atomic E-state index is 0.158. The van der Waals surface area contributed by atoms with Crippen LogP contribution in [0.2, 0.25) is 0 Å². The van der Waals surface area contributed by atoms with E-state index in [4.69, 9.17) is 4.98 Å². The number of aromatic nitrogens is 1. The van der Waals surface area contributed by atoms with Gasteiger partial charge in [0.05, 0.1) is 11.4 Å². The second kappa shape index (κ2) is 13.0. The third-order valence-corrected chi connectivity index (χ3v) is 7.28. The lowest BCUT2D eigenvalue weighted by Gasteiger charge is -2.29. The fourth-order valence-corrected chi connectivity index (χ4v) is 4.83. The molecule has 1 aliphatic carbocycles. The van der Waals surface area contributed by atoms with Crippen molar-refractivity contribution in [3.63, 3.8) is 0 Å². The molecule has 34 heavy (non-hydrogen) atoms. The number of halogens is 1. The van der Waals surface area contributed by atoms with Crippen LogP contribution in [0.5, 0.6) is 0 Å². The van der Waals surface area contributed by atoms with Crippen molar-refractivity contribution in [3.05, 3.63) is 76.9 Å². The van der Waals surface area contributed by atoms with Crippen molar-refractivity contribution < 1.29 is 9.18 Å². The number of carbonyl (C=O) groups is 1. The van der Waals surface area contributed by atoms with Crippen LogP contribution in [0.3, 0.4) is 0 Å². The van der Waals surface area contributed by atoms with Crippen LogP contribution in [0.25, 0.3) is 9.81 Å². The maximum absolute atomic E-state index is 13.8. The van der Waals surface area contributed by atoms with E-state index >= 15 is 0 Å². The number of hydrogen-bond acceptors (Lipinski definition) is 3. The standard InChI is InChI=1S/C23H24FNOS.C7H16/c1-6-21(16-11-14(2)12-17(24)13-16)27-15(3)19-8-7-18-20(25-19)9-10-23(4,5)22(18)26;1-3-5-7-6-4-2/h6-8,11-13H,3,9-10H2,1-2,4-5H3;3-7H2,1-2H3/b21-6-;. The molecule has 1 aromatic carbocycles. The summed E-state index contributed by atoms with van der Waals surface area (Å²) in [5.74, 6) is -0.0889. The average molecular weight is 482 g/mol. The van der Waals surface area contributed by atoms with Crippen molar-refractivity contribution >= 4 is 27.4 Å². The van der Waals surface area contributed by atoms with Gasteiger partial charge in [0, 0.05) is 20.8 Å². The average Bonchev–Trinajstić information content (AvgIpc) is 2.80. The molecule has 0 aliphatic heterocycles. The molecule has 0 spiro atoms. The smallest absolute Gasteiger partial charge is 0.170 e. The first-order valence-corrected chi connectivity index (χ1v) is 13.3. The molecule has 0 amide bonds. The normalized spacial score (nSPS) is 14.8. The van der Waals surface area contributed by atoms with Crippen LogP contribution >= 0.6 is 11.8 Å². The molecule has 2 nitrogen and oxygen atoms in total. The fraction of sp³-hybridized carbons (Fsp3) is 0.467. The first-order valence-electron chi connectivity index (χ1n) is 12.5. The quantitative estimate of drug-likeness (QED) is 0.352. The lowest BCUT2D eigenvalue weighted by Crippen LogP contribution is -2.31. The zero-order chi connectivity index (χ0) is 25.3. The van der Waals surface area contributed by atoms with Crippen molar-refractivity contribution in [1.82, 2.24) is 4.98 Å². The minimum Gasteiger partial charge on any atom is -0.294 e. The Morgan fingerprint density at radius 3 is 2.41 bits per heavy atom. The summed E-state index contributed by atoms with van der Waals surface area (Å²) in [5.41, 5.74) is 3.72. The number of rotatable bonds is 8. The molecular weight excluding hydrogens is 441 g/mol. The van der Waals surface area contributed by atoms with Gasteiger partial charge in [-0.05, 0) is 62.1 Å². The van der Waals surface area contributed by atoms with Crippen LogP contribution in [-0.4, -0.2) is 10.8 Å². The Morgan fingerprint density at radius 2 is 1.82 bits per heavy atom. The Balaban J connectivity index is 0.000000509. The van der Waals surface area contributed by atoms with Gasteiger partial charge in [-0.25, -0.2) is 4.39 Å². The van der Waals surface area contributed by atoms with Crippen LogP contribution in [0.15, 0.2) is 43.0 Å². The van der Waals surface area contributed by atoms with E-state index in [2.05, 4.69) is 20.4 Å². The predicted molar refractivity (Wildman–Crippen MR) is 147 cm³/mol. The summed E-state index contributed by atoms with van der Waals surface area (Å²) in [4.78, 5) is 19.0. The maximum Gasteiger partial charge on any atom is 0.170 e. The largest absolute Gasteiger partial charge is 0.294 e. The van der Waals surface area contributed by atoms with Gasteiger partial charge in [0.25, 0.3) is 0 Å². The number of hydrogen-bond donors (Lipinski definition) is 0. The molecule has 0 N–H and O–H groups in total. The zero-order valence-corrected chi connectivity index (χ0v) is 22.6. The van der Waals surface area contributed by atoms with Crippen molar-refractivity contribution in [2.75, 3.05) is 0 Å². The monoisotopic (exact) mass is 481 g/mol. The first kappa shape index (κ1) is 28.0. The van der Waals surface area contributed by atoms with Crippen LogP contribution in [0.1, 0.15) is 106 Å². The van der Waals surface area contributed by atoms with Gasteiger partial charge in [-0.15, -0.1) is 0 Å². The second-order valence-electron chi connectivity index (χ2n) is 9.66. The highest BCUT2D eigenvalue weighted by Gasteiger charge is 2.34. The number of pyridine rings is 1. The van der Waals surface area contributed by atoms with Gasteiger partial charge < -0.3 is 0 Å². The van der Waals surface area contributed by atoms with Gasteiger partial charge in [0.15, 0.2) is 5.78 Å². The van der Waals surface area contributed by atoms with Gasteiger partial charge in [-0.1, -0.05) is 90.3 Å². The van der Waals surface area contributed by atoms with Crippen LogP contribution in [0, 0.1) is 18.2 Å². The van der Waals surface area contributed by atoms with Gasteiger partial charge in [-0.2, -0.15) is 0 Å². The number of ketones is 1. The number of benzene rings is 1. The molecule has 0 bridgehead atoms. The summed E-state index contributed by atoms with van der Waals surface area (Å²) >= 11 is 1.47. The third kappa shape index (κ3) is 7.66. The number of Topliss-reactive ketones (excluding diaryl/α,β-unsaturated/α-hetero) is 1. The Kier molecular flexibility index (Phi) is 10.8. The van der Waals surface area contributed by atoms with E-state index < -0.39 is 0 Å². The number of allylic oxidation sites excluding steroid dienone is 1. The molecule has 0 atom stereocenters. The van der Waals surface area contributed by atoms with E-state index in [-0.39, 0.29) is 17.0 Å². The molecular formula is C30H40FNOS. The van der Waals surface area contributed by atoms with Gasteiger partial charge >= 0.3 is 0 Å². The lowest BCUT2D eigenvalue weighted by molar-refractivity contribution is 0.0809. The van der Waals surface area contributed by atoms with E-state index in [0.717, 1.165) is 50.7 Å². The lowest BCUT2D eigenvalue weighted by atomic mass is 9.75. The molecule has 4 heteroatoms. The van der Waals surface area contributed by atoms with E-state index in [1.807, 2.05) is 52.0 Å². The van der Waals surface area contributed by atoms with Crippen molar-refractivity contribution in [2.45, 2.75) is 86.5 Å². The number of aryl methyl sites for hydroxylation is 2. The number of nitrogens with zero attached hydrogens (tertiary/aromatic N) is 1. The summed E-state index contributed by atoms with van der Waals surface area (Å²) < 4.78 is 13.8. The van der Waals surface area contributed by atoms with E-state index in [9.17, 15) is 9.18 Å². The summed E-state index contributed by atoms with van der Waals surface area (Å²) in [6.07, 6.45) is 10.6. The molecule has 1 aromatic heterocycles. The van der Waals surface area contributed by atoms with Crippen molar-refractivity contribution in [3.8, 4) is 0 Å². The number of thioether (sulfide) groups is 1. The van der Waals surface area contributed by atoms with Crippen LogP contribution in [-0.2, 0) is 6.42 Å². The zero-order valence-electron chi connectivity index (χ0n) is 21.8. The molecule has 0 radical (unpaired) electrons. The summed E-state index contributed by atoms with van der Waals surface area (Å²) in [7, 11) is 0. The molecule has 0 fully saturated rings. The first-order chi connectivity index (χ1) is 16.1. The molecule has 0 saturated heterocycles. The molecule has 184 valence electrons. The van der Waals surface area contributed by atoms with Crippen LogP contribution in [0.4, 0.5) is 4.39 Å². The third-order valence-electron chi connectivity index (χ3n) is 6.14. The minimum atomic E-state index is -0.324. The molecule has 3 rings (SSSR count). The molecule has 0 unspecified atom stereocenters. The Labute approximate surface area is 210 Å². The van der Waals surface area contributed by atoms with Gasteiger partial charge in [-0.3, -0.25) is 9.78 Å². The highest BCUT2D eigenvalue weighted by molar-refractivity contribution is 8.16. The molecule has 2 aromatic rings. The van der Waals surface area contributed by atoms with E-state index in [0.29, 0.717) is 0 Å². The molecule has 0 saturated carbocycles. The van der Waals surface area contributed by atoms with Crippen LogP contribution < -0.4 is 0 Å². The Bertz CT molecular complexity index is 1010. The summed E-state index contributed by atoms with van der Waals surface area (Å²) in [6.45, 7) is 16.4. The Hall–Kier alpha value is -2.20. The Morgan fingerprint density at radius 1 is 1.15 bits per heavy atom. The highest BCUT2D eigenvalue weighted by Crippen LogP contribution is 2.39. The van der Waals surface area contributed by atoms with Gasteiger partial charge in [0.2, 0.25) is 0 Å². The summed E-state index contributed by atoms with van der Waals surface area (Å²) in [5, 5.41) is 0. The van der Waals surface area contributed by atoms with Crippen molar-refractivity contribution in [2.24, 2.45) is 5.41 Å². The predicted octanol–water partition coefficient (Wildman–Crippen LogP) is 9.43. The molecule has 1 aliphatic rings. The maximum atomic E-state index is 13.8. The topological polar surface area (TPSA) is 30.0 Å². The fourth-order valence-electron chi connectivity index (χ4n) is 3.99. The second-order valence-corrected chi connectivity index (χ2v) is 10.8. The summed E-state index contributed by atoms with van der Waals surface area (Å²) in [6, 6.07) is 8.73.